The first-order valence-corrected chi connectivity index (χ1v) is 17.5. The Labute approximate surface area is 285 Å². The van der Waals surface area contributed by atoms with Crippen molar-refractivity contribution in [3.63, 3.8) is 0 Å². The normalized spacial score (nSPS) is 21.4. The summed E-state index contributed by atoms with van der Waals surface area (Å²) in [7, 11) is 0. The number of fused-ring (bicyclic) bond motifs is 9. The zero-order chi connectivity index (χ0) is 34.2. The molecule has 0 aliphatic carbocycles. The highest BCUT2D eigenvalue weighted by Gasteiger charge is 2.37. The SMILES string of the molecule is Cc1ccc2c(c1)-c1cccc(c1)-c1cc3c(c([C@H](OC(C)(C)C)C(=O)O)c(C)cn3n1)N1CCC(C)(CC1)OCCCCC[C@@H](C)O2. The van der Waals surface area contributed by atoms with Crippen molar-refractivity contribution < 1.29 is 24.1 Å². The van der Waals surface area contributed by atoms with Crippen LogP contribution < -0.4 is 9.64 Å². The van der Waals surface area contributed by atoms with E-state index in [1.54, 1.807) is 0 Å². The van der Waals surface area contributed by atoms with Crippen LogP contribution in [-0.2, 0) is 14.3 Å². The largest absolute Gasteiger partial charge is 0.490 e. The molecule has 8 heteroatoms. The molecule has 4 aromatic rings. The van der Waals surface area contributed by atoms with E-state index >= 15 is 0 Å². The number of nitrogens with zero attached hydrogens (tertiary/aromatic N) is 3. The van der Waals surface area contributed by atoms with Gasteiger partial charge in [-0.1, -0.05) is 36.2 Å². The molecule has 48 heavy (non-hydrogen) atoms. The van der Waals surface area contributed by atoms with Crippen LogP contribution in [0.1, 0.15) is 95.9 Å². The van der Waals surface area contributed by atoms with Crippen molar-refractivity contribution in [1.29, 1.82) is 0 Å². The molecule has 2 aromatic carbocycles. The number of carboxylic acid groups (broad SMARTS) is 1. The Morgan fingerprint density at radius 2 is 1.79 bits per heavy atom. The number of piperidine rings is 1. The standard InChI is InChI=1S/C40H51N3O5/c1-26-15-16-34-31(22-26)29-13-11-14-30(23-29)32-24-33-36(35(27(2)25-43(33)41-32)37(38(44)45)48-39(4,5)6)42-19-17-40(7,18-20-42)46-21-10-8-9-12-28(3)47-34/h11,13-16,22-25,28,37H,8-10,12,17-21H2,1-7H3,(H,44,45)/t28-,37+/m1/s1. The number of aryl methyl sites for hydroxylation is 2. The minimum absolute atomic E-state index is 0.0951. The molecule has 8 nitrogen and oxygen atoms in total. The summed E-state index contributed by atoms with van der Waals surface area (Å²) in [6.07, 6.45) is 6.77. The minimum atomic E-state index is -1.13. The Morgan fingerprint density at radius 3 is 2.52 bits per heavy atom. The van der Waals surface area contributed by atoms with Crippen LogP contribution in [0.5, 0.6) is 5.75 Å². The molecule has 256 valence electrons. The molecule has 5 heterocycles. The fourth-order valence-electron chi connectivity index (χ4n) is 7.11. The van der Waals surface area contributed by atoms with Crippen molar-refractivity contribution in [3.8, 4) is 28.1 Å². The van der Waals surface area contributed by atoms with E-state index in [-0.39, 0.29) is 11.7 Å². The third-order valence-corrected chi connectivity index (χ3v) is 9.71. The van der Waals surface area contributed by atoms with Crippen molar-refractivity contribution in [1.82, 2.24) is 9.61 Å². The summed E-state index contributed by atoms with van der Waals surface area (Å²) in [4.78, 5) is 15.2. The molecule has 0 unspecified atom stereocenters. The summed E-state index contributed by atoms with van der Waals surface area (Å²) in [6.45, 7) is 16.4. The highest BCUT2D eigenvalue weighted by atomic mass is 16.5. The second-order valence-electron chi connectivity index (χ2n) is 15.0. The number of carbonyl (C=O) groups is 1. The van der Waals surface area contributed by atoms with E-state index in [0.717, 1.165) is 103 Å². The van der Waals surface area contributed by atoms with Gasteiger partial charge in [-0.15, -0.1) is 0 Å². The smallest absolute Gasteiger partial charge is 0.337 e. The van der Waals surface area contributed by atoms with Gasteiger partial charge in [0.05, 0.1) is 34.2 Å². The summed E-state index contributed by atoms with van der Waals surface area (Å²) < 4.78 is 21.3. The van der Waals surface area contributed by atoms with E-state index in [4.69, 9.17) is 19.3 Å². The van der Waals surface area contributed by atoms with Gasteiger partial charge in [-0.25, -0.2) is 9.31 Å². The second-order valence-corrected chi connectivity index (χ2v) is 15.0. The molecule has 6 bridgehead atoms. The molecule has 2 atom stereocenters. The molecule has 1 N–H and O–H groups in total. The second kappa shape index (κ2) is 13.6. The van der Waals surface area contributed by atoms with Gasteiger partial charge in [0.2, 0.25) is 0 Å². The van der Waals surface area contributed by atoms with Gasteiger partial charge in [0.25, 0.3) is 0 Å². The number of pyridine rings is 1. The summed E-state index contributed by atoms with van der Waals surface area (Å²) in [5.41, 5.74) is 7.46. The van der Waals surface area contributed by atoms with Crippen molar-refractivity contribution in [2.75, 3.05) is 24.6 Å². The number of ether oxygens (including phenoxy) is 3. The Kier molecular flexibility index (Phi) is 9.60. The number of anilines is 1. The van der Waals surface area contributed by atoms with Crippen molar-refractivity contribution in [3.05, 3.63) is 71.4 Å². The van der Waals surface area contributed by atoms with Crippen LogP contribution in [0.2, 0.25) is 0 Å². The van der Waals surface area contributed by atoms with Crippen molar-refractivity contribution in [2.24, 2.45) is 0 Å². The topological polar surface area (TPSA) is 85.5 Å². The fraction of sp³-hybridized carbons (Fsp3) is 0.500. The highest BCUT2D eigenvalue weighted by Crippen LogP contribution is 2.42. The molecule has 7 rings (SSSR count). The number of aromatic nitrogens is 2. The number of rotatable bonds is 3. The Balaban J connectivity index is 1.52. The van der Waals surface area contributed by atoms with Gasteiger partial charge in [0, 0.05) is 42.6 Å². The first kappa shape index (κ1) is 34.0. The lowest BCUT2D eigenvalue weighted by molar-refractivity contribution is -0.160. The quantitative estimate of drug-likeness (QED) is 0.236. The Bertz CT molecular complexity index is 1780. The van der Waals surface area contributed by atoms with Crippen LogP contribution in [0.15, 0.2) is 54.7 Å². The molecule has 3 aliphatic heterocycles. The van der Waals surface area contributed by atoms with Crippen LogP contribution in [0.3, 0.4) is 0 Å². The van der Waals surface area contributed by atoms with Crippen LogP contribution in [0, 0.1) is 13.8 Å². The van der Waals surface area contributed by atoms with Gasteiger partial charge in [-0.2, -0.15) is 5.10 Å². The molecule has 1 fully saturated rings. The number of carboxylic acids is 1. The van der Waals surface area contributed by atoms with Gasteiger partial charge in [0.1, 0.15) is 5.75 Å². The predicted molar refractivity (Wildman–Crippen MR) is 191 cm³/mol. The highest BCUT2D eigenvalue weighted by molar-refractivity contribution is 5.87. The van der Waals surface area contributed by atoms with Gasteiger partial charge < -0.3 is 24.2 Å². The van der Waals surface area contributed by atoms with E-state index in [9.17, 15) is 9.90 Å². The maximum absolute atomic E-state index is 12.9. The van der Waals surface area contributed by atoms with Gasteiger partial charge in [0.15, 0.2) is 6.10 Å². The maximum Gasteiger partial charge on any atom is 0.337 e. The molecule has 2 aromatic heterocycles. The number of benzene rings is 2. The summed E-state index contributed by atoms with van der Waals surface area (Å²) in [6, 6.07) is 16.9. The van der Waals surface area contributed by atoms with Crippen molar-refractivity contribution >= 4 is 17.2 Å². The summed E-state index contributed by atoms with van der Waals surface area (Å²) in [5, 5.41) is 15.6. The van der Waals surface area contributed by atoms with E-state index < -0.39 is 17.7 Å². The lowest BCUT2D eigenvalue weighted by Gasteiger charge is -2.42. The molecule has 3 aliphatic rings. The van der Waals surface area contributed by atoms with E-state index in [1.165, 1.54) is 5.56 Å². The monoisotopic (exact) mass is 653 g/mol. The first-order chi connectivity index (χ1) is 22.8. The zero-order valence-corrected chi connectivity index (χ0v) is 29.6. The Morgan fingerprint density at radius 1 is 1.04 bits per heavy atom. The summed E-state index contributed by atoms with van der Waals surface area (Å²) in [5.74, 6) is -0.119. The number of hydrogen-bond acceptors (Lipinski definition) is 6. The average Bonchev–Trinajstić information content (AvgIpc) is 3.45. The van der Waals surface area contributed by atoms with E-state index in [0.29, 0.717) is 5.56 Å². The van der Waals surface area contributed by atoms with Gasteiger partial charge in [-0.3, -0.25) is 0 Å². The maximum atomic E-state index is 12.9. The number of hydrogen-bond donors (Lipinski definition) is 1. The van der Waals surface area contributed by atoms with E-state index in [1.807, 2.05) is 38.4 Å². The molecule has 0 saturated carbocycles. The molecular formula is C40H51N3O5. The van der Waals surface area contributed by atoms with Crippen LogP contribution >= 0.6 is 0 Å². The zero-order valence-electron chi connectivity index (χ0n) is 29.6. The first-order valence-electron chi connectivity index (χ1n) is 17.5. The summed E-state index contributed by atoms with van der Waals surface area (Å²) >= 11 is 0. The predicted octanol–water partition coefficient (Wildman–Crippen LogP) is 8.94. The molecule has 1 saturated heterocycles. The molecule has 0 radical (unpaired) electrons. The molecule has 0 amide bonds. The third kappa shape index (κ3) is 7.40. The van der Waals surface area contributed by atoms with Gasteiger partial charge >= 0.3 is 5.97 Å². The Hall–Kier alpha value is -3.88. The average molecular weight is 654 g/mol. The van der Waals surface area contributed by atoms with Crippen LogP contribution in [0.25, 0.3) is 27.9 Å². The number of aliphatic carboxylic acids is 1. The van der Waals surface area contributed by atoms with Crippen molar-refractivity contribution in [2.45, 2.75) is 110 Å². The van der Waals surface area contributed by atoms with Gasteiger partial charge in [-0.05, 0) is 116 Å². The minimum Gasteiger partial charge on any atom is -0.490 e. The molecular weight excluding hydrogens is 602 g/mol. The lowest BCUT2D eigenvalue weighted by atomic mass is 9.91. The third-order valence-electron chi connectivity index (χ3n) is 9.71. The fourth-order valence-corrected chi connectivity index (χ4v) is 7.11. The molecule has 0 spiro atoms. The lowest BCUT2D eigenvalue weighted by Crippen LogP contribution is -2.45. The van der Waals surface area contributed by atoms with E-state index in [2.05, 4.69) is 74.2 Å². The van der Waals surface area contributed by atoms with Crippen LogP contribution in [-0.4, -0.2) is 57.7 Å². The van der Waals surface area contributed by atoms with Crippen LogP contribution in [0.4, 0.5) is 5.69 Å².